The predicted molar refractivity (Wildman–Crippen MR) is 91.5 cm³/mol. The fraction of sp³-hybridized carbons (Fsp3) is 0.214. The van der Waals surface area contributed by atoms with Crippen molar-refractivity contribution in [3.05, 3.63) is 60.4 Å². The summed E-state index contributed by atoms with van der Waals surface area (Å²) in [6, 6.07) is 4.62. The Morgan fingerprint density at radius 2 is 1.96 bits per heavy atom. The maximum absolute atomic E-state index is 12.1. The van der Waals surface area contributed by atoms with E-state index in [1.54, 1.807) is 25.1 Å². The van der Waals surface area contributed by atoms with Crippen LogP contribution in [0.15, 0.2) is 29.2 Å². The number of nitrogens with one attached hydrogen (secondary N) is 1. The number of hydrogen-bond acceptors (Lipinski definition) is 3. The molecule has 23 heavy (non-hydrogen) atoms. The van der Waals surface area contributed by atoms with Crippen molar-refractivity contribution in [3.63, 3.8) is 0 Å². The second-order valence-electron chi connectivity index (χ2n) is 4.72. The van der Waals surface area contributed by atoms with Gasteiger partial charge in [0, 0.05) is 10.0 Å². The first kappa shape index (κ1) is 18.1. The molecule has 0 radical (unpaired) electrons. The van der Waals surface area contributed by atoms with Crippen LogP contribution in [0, 0.1) is 0 Å². The first-order valence-electron chi connectivity index (χ1n) is 6.45. The van der Waals surface area contributed by atoms with Crippen molar-refractivity contribution >= 4 is 52.3 Å². The van der Waals surface area contributed by atoms with Crippen LogP contribution in [-0.4, -0.2) is 15.7 Å². The zero-order valence-corrected chi connectivity index (χ0v) is 14.8. The van der Waals surface area contributed by atoms with Crippen LogP contribution in [0.3, 0.4) is 0 Å². The van der Waals surface area contributed by atoms with E-state index in [0.717, 1.165) is 4.68 Å². The molecule has 0 saturated carbocycles. The van der Waals surface area contributed by atoms with E-state index in [2.05, 4.69) is 10.4 Å². The molecule has 0 aliphatic rings. The Morgan fingerprint density at radius 1 is 1.26 bits per heavy atom. The molecule has 2 aromatic rings. The molecule has 0 spiro atoms. The first-order chi connectivity index (χ1) is 10.8. The molecule has 1 amide bonds. The Hall–Kier alpha value is -1.27. The van der Waals surface area contributed by atoms with Gasteiger partial charge in [0.2, 0.25) is 5.91 Å². The number of halogens is 4. The predicted octanol–water partition coefficient (Wildman–Crippen LogP) is 3.73. The molecule has 1 heterocycles. The van der Waals surface area contributed by atoms with Gasteiger partial charge in [-0.2, -0.15) is 5.10 Å². The van der Waals surface area contributed by atoms with Gasteiger partial charge in [-0.3, -0.25) is 9.59 Å². The lowest BCUT2D eigenvalue weighted by Gasteiger charge is -2.16. The third-order valence-corrected chi connectivity index (χ3v) is 4.35. The van der Waals surface area contributed by atoms with Crippen LogP contribution in [0.4, 0.5) is 0 Å². The summed E-state index contributed by atoms with van der Waals surface area (Å²) >= 11 is 23.4. The molecule has 1 aromatic heterocycles. The summed E-state index contributed by atoms with van der Waals surface area (Å²) in [5, 5.41) is 7.30. The third-order valence-electron chi connectivity index (χ3n) is 3.04. The van der Waals surface area contributed by atoms with Gasteiger partial charge in [-0.1, -0.05) is 52.5 Å². The summed E-state index contributed by atoms with van der Waals surface area (Å²) in [7, 11) is 0. The summed E-state index contributed by atoms with van der Waals surface area (Å²) in [5.41, 5.74) is 0.0744. The maximum Gasteiger partial charge on any atom is 0.287 e. The topological polar surface area (TPSA) is 64.0 Å². The number of benzene rings is 1. The van der Waals surface area contributed by atoms with Crippen molar-refractivity contribution in [1.29, 1.82) is 0 Å². The average molecular weight is 395 g/mol. The lowest BCUT2D eigenvalue weighted by Crippen LogP contribution is -2.35. The molecule has 0 unspecified atom stereocenters. The lowest BCUT2D eigenvalue weighted by molar-refractivity contribution is -0.122. The molecular formula is C14H11Cl4N3O2. The van der Waals surface area contributed by atoms with Crippen LogP contribution >= 0.6 is 46.4 Å². The van der Waals surface area contributed by atoms with E-state index in [1.807, 2.05) is 0 Å². The lowest BCUT2D eigenvalue weighted by atomic mass is 10.1. The van der Waals surface area contributed by atoms with E-state index < -0.39 is 11.5 Å². The zero-order chi connectivity index (χ0) is 17.1. The minimum atomic E-state index is -0.633. The van der Waals surface area contributed by atoms with Crippen molar-refractivity contribution < 1.29 is 4.79 Å². The van der Waals surface area contributed by atoms with Gasteiger partial charge in [0.15, 0.2) is 0 Å². The molecule has 0 saturated heterocycles. The highest BCUT2D eigenvalue weighted by Crippen LogP contribution is 2.26. The minimum absolute atomic E-state index is 0.0367. The van der Waals surface area contributed by atoms with Crippen molar-refractivity contribution in [2.75, 3.05) is 0 Å². The summed E-state index contributed by atoms with van der Waals surface area (Å²) in [6.07, 6.45) is 1.21. The minimum Gasteiger partial charge on any atom is -0.348 e. The smallest absolute Gasteiger partial charge is 0.287 e. The Labute approximate surface area is 152 Å². The Morgan fingerprint density at radius 3 is 2.61 bits per heavy atom. The number of rotatable bonds is 4. The largest absolute Gasteiger partial charge is 0.348 e. The molecular weight excluding hydrogens is 384 g/mol. The highest BCUT2D eigenvalue weighted by molar-refractivity contribution is 6.41. The number of carbonyl (C=O) groups excluding carboxylic acids is 1. The van der Waals surface area contributed by atoms with E-state index in [9.17, 15) is 9.59 Å². The van der Waals surface area contributed by atoms with Crippen LogP contribution in [0.25, 0.3) is 0 Å². The van der Waals surface area contributed by atoms with Crippen LogP contribution in [0.2, 0.25) is 20.1 Å². The molecule has 2 rings (SSSR count). The summed E-state index contributed by atoms with van der Waals surface area (Å²) < 4.78 is 0.930. The number of hydrogen-bond donors (Lipinski definition) is 1. The van der Waals surface area contributed by atoms with Crippen LogP contribution < -0.4 is 10.9 Å². The molecule has 5 nitrogen and oxygen atoms in total. The standard InChI is InChI=1S/C14H11Cl4N3O2/c1-7(9-3-2-8(15)4-10(9)16)20-12(22)6-21-14(23)13(18)11(17)5-19-21/h2-5,7H,6H2,1H3,(H,20,22)/t7-/m0/s1. The van der Waals surface area contributed by atoms with Gasteiger partial charge >= 0.3 is 0 Å². The van der Waals surface area contributed by atoms with Crippen LogP contribution in [0.1, 0.15) is 18.5 Å². The SMILES string of the molecule is C[C@H](NC(=O)Cn1ncc(Cl)c(Cl)c1=O)c1ccc(Cl)cc1Cl. The maximum atomic E-state index is 12.1. The van der Waals surface area contributed by atoms with Gasteiger partial charge < -0.3 is 5.32 Å². The summed E-state index contributed by atoms with van der Waals surface area (Å²) in [6.45, 7) is 1.48. The second-order valence-corrected chi connectivity index (χ2v) is 6.35. The highest BCUT2D eigenvalue weighted by Gasteiger charge is 2.15. The van der Waals surface area contributed by atoms with Gasteiger partial charge in [-0.25, -0.2) is 4.68 Å². The molecule has 0 aliphatic heterocycles. The third kappa shape index (κ3) is 4.38. The highest BCUT2D eigenvalue weighted by atomic mass is 35.5. The monoisotopic (exact) mass is 393 g/mol. The van der Waals surface area contributed by atoms with Gasteiger partial charge in [0.05, 0.1) is 17.3 Å². The fourth-order valence-corrected chi connectivity index (χ4v) is 2.75. The normalized spacial score (nSPS) is 12.0. The Kier molecular flexibility index (Phi) is 5.92. The quantitative estimate of drug-likeness (QED) is 0.858. The molecule has 0 aliphatic carbocycles. The summed E-state index contributed by atoms with van der Waals surface area (Å²) in [4.78, 5) is 23.9. The van der Waals surface area contributed by atoms with E-state index >= 15 is 0 Å². The zero-order valence-electron chi connectivity index (χ0n) is 11.8. The second kappa shape index (κ2) is 7.53. The van der Waals surface area contributed by atoms with E-state index in [0.29, 0.717) is 15.6 Å². The Bertz CT molecular complexity index is 807. The van der Waals surface area contributed by atoms with Gasteiger partial charge in [-0.05, 0) is 24.6 Å². The van der Waals surface area contributed by atoms with Crippen LogP contribution in [0.5, 0.6) is 0 Å². The van der Waals surface area contributed by atoms with E-state index in [4.69, 9.17) is 46.4 Å². The number of aromatic nitrogens is 2. The molecule has 1 aromatic carbocycles. The van der Waals surface area contributed by atoms with Crippen molar-refractivity contribution in [2.24, 2.45) is 0 Å². The number of amides is 1. The molecule has 1 atom stereocenters. The van der Waals surface area contributed by atoms with Gasteiger partial charge in [0.25, 0.3) is 5.56 Å². The molecule has 9 heteroatoms. The van der Waals surface area contributed by atoms with Crippen molar-refractivity contribution in [3.8, 4) is 0 Å². The van der Waals surface area contributed by atoms with E-state index in [1.165, 1.54) is 6.20 Å². The molecule has 0 fully saturated rings. The first-order valence-corrected chi connectivity index (χ1v) is 7.96. The van der Waals surface area contributed by atoms with Crippen molar-refractivity contribution in [2.45, 2.75) is 19.5 Å². The van der Waals surface area contributed by atoms with Gasteiger partial charge in [0.1, 0.15) is 11.6 Å². The number of nitrogens with zero attached hydrogens (tertiary/aromatic N) is 2. The number of carbonyl (C=O) groups is 1. The Balaban J connectivity index is 2.10. The van der Waals surface area contributed by atoms with Crippen molar-refractivity contribution in [1.82, 2.24) is 15.1 Å². The average Bonchev–Trinajstić information content (AvgIpc) is 2.47. The molecule has 0 bridgehead atoms. The molecule has 1 N–H and O–H groups in total. The molecule has 122 valence electrons. The van der Waals surface area contributed by atoms with Gasteiger partial charge in [-0.15, -0.1) is 0 Å². The summed E-state index contributed by atoms with van der Waals surface area (Å²) in [5.74, 6) is -0.420. The van der Waals surface area contributed by atoms with Crippen LogP contribution in [-0.2, 0) is 11.3 Å². The van der Waals surface area contributed by atoms with E-state index in [-0.39, 0.29) is 22.6 Å². The fourth-order valence-electron chi connectivity index (χ4n) is 1.91.